The van der Waals surface area contributed by atoms with Gasteiger partial charge in [0.2, 0.25) is 0 Å². The van der Waals surface area contributed by atoms with Crippen molar-refractivity contribution in [1.29, 1.82) is 0 Å². The number of esters is 1. The molecule has 1 rings (SSSR count). The first-order valence-corrected chi connectivity index (χ1v) is 10.0. The van der Waals surface area contributed by atoms with E-state index in [1.807, 2.05) is 12.1 Å². The quantitative estimate of drug-likeness (QED) is 0.279. The fourth-order valence-electron chi connectivity index (χ4n) is 2.87. The molecule has 2 nitrogen and oxygen atoms in total. The van der Waals surface area contributed by atoms with E-state index in [-0.39, 0.29) is 5.97 Å². The van der Waals surface area contributed by atoms with E-state index >= 15 is 0 Å². The van der Waals surface area contributed by atoms with Gasteiger partial charge in [0.1, 0.15) is 0 Å². The summed E-state index contributed by atoms with van der Waals surface area (Å²) < 4.78 is 5.37. The van der Waals surface area contributed by atoms with Crippen molar-refractivity contribution in [3.63, 3.8) is 0 Å². The van der Waals surface area contributed by atoms with Crippen LogP contribution in [0.5, 0.6) is 0 Å². The van der Waals surface area contributed by atoms with Gasteiger partial charge < -0.3 is 4.74 Å². The summed E-state index contributed by atoms with van der Waals surface area (Å²) in [5.74, 6) is -0.182. The number of ether oxygens (including phenoxy) is 1. The van der Waals surface area contributed by atoms with Crippen LogP contribution in [0, 0.1) is 0 Å². The number of benzene rings is 1. The van der Waals surface area contributed by atoms with E-state index in [1.165, 1.54) is 63.4 Å². The first kappa shape index (κ1) is 20.7. The summed E-state index contributed by atoms with van der Waals surface area (Å²) in [6.07, 6.45) is 14.9. The van der Waals surface area contributed by atoms with Crippen molar-refractivity contribution in [3.05, 3.63) is 35.4 Å². The van der Waals surface area contributed by atoms with E-state index < -0.39 is 0 Å². The summed E-state index contributed by atoms with van der Waals surface area (Å²) in [5.41, 5.74) is 1.99. The highest BCUT2D eigenvalue weighted by atomic mass is 16.5. The molecule has 0 aromatic heterocycles. The van der Waals surface area contributed by atoms with Gasteiger partial charge in [-0.2, -0.15) is 0 Å². The third-order valence-electron chi connectivity index (χ3n) is 4.49. The lowest BCUT2D eigenvalue weighted by Gasteiger charge is -2.06. The Morgan fingerprint density at radius 2 is 1.29 bits per heavy atom. The molecule has 1 aromatic rings. The van der Waals surface area contributed by atoms with Crippen LogP contribution in [-0.4, -0.2) is 12.6 Å². The zero-order valence-corrected chi connectivity index (χ0v) is 15.8. The number of carbonyl (C=O) groups excluding carboxylic acids is 1. The van der Waals surface area contributed by atoms with Crippen LogP contribution >= 0.6 is 0 Å². The molecule has 0 aliphatic rings. The van der Waals surface area contributed by atoms with Crippen molar-refractivity contribution < 1.29 is 9.53 Å². The van der Waals surface area contributed by atoms with Crippen LogP contribution in [0.4, 0.5) is 0 Å². The average molecular weight is 333 g/mol. The number of unbranched alkanes of at least 4 members (excludes halogenated alkanes) is 9. The zero-order chi connectivity index (χ0) is 17.5. The van der Waals surface area contributed by atoms with E-state index in [0.717, 1.165) is 19.3 Å². The van der Waals surface area contributed by atoms with Gasteiger partial charge in [-0.15, -0.1) is 0 Å². The molecule has 0 bridgehead atoms. The average Bonchev–Trinajstić information content (AvgIpc) is 2.61. The van der Waals surface area contributed by atoms with Gasteiger partial charge in [-0.05, 0) is 37.0 Å². The minimum absolute atomic E-state index is 0.182. The molecule has 0 fully saturated rings. The molecule has 0 heterocycles. The minimum Gasteiger partial charge on any atom is -0.462 e. The SMILES string of the molecule is CCCCCCCCCOC(=O)c1ccc(CCCCCC)cc1. The maximum atomic E-state index is 12.0. The summed E-state index contributed by atoms with van der Waals surface area (Å²) in [4.78, 5) is 12.0. The van der Waals surface area contributed by atoms with E-state index in [9.17, 15) is 4.79 Å². The Labute approximate surface area is 149 Å². The predicted octanol–water partition coefficient (Wildman–Crippen LogP) is 6.72. The monoisotopic (exact) mass is 332 g/mol. The highest BCUT2D eigenvalue weighted by Crippen LogP contribution is 2.11. The Kier molecular flexibility index (Phi) is 12.2. The van der Waals surface area contributed by atoms with Gasteiger partial charge in [-0.1, -0.05) is 83.8 Å². The van der Waals surface area contributed by atoms with Gasteiger partial charge in [-0.25, -0.2) is 4.79 Å². The molecule has 0 aliphatic carbocycles. The highest BCUT2D eigenvalue weighted by molar-refractivity contribution is 5.89. The van der Waals surface area contributed by atoms with Crippen molar-refractivity contribution in [3.8, 4) is 0 Å². The number of carbonyl (C=O) groups is 1. The summed E-state index contributed by atoms with van der Waals surface area (Å²) in [6, 6.07) is 7.94. The van der Waals surface area contributed by atoms with Gasteiger partial charge in [0.15, 0.2) is 0 Å². The van der Waals surface area contributed by atoms with Crippen LogP contribution in [0.2, 0.25) is 0 Å². The molecule has 0 atom stereocenters. The molecule has 0 saturated carbocycles. The second-order valence-electron chi connectivity index (χ2n) is 6.76. The van der Waals surface area contributed by atoms with Crippen LogP contribution in [0.15, 0.2) is 24.3 Å². The topological polar surface area (TPSA) is 26.3 Å². The van der Waals surface area contributed by atoms with Crippen molar-refractivity contribution in [2.24, 2.45) is 0 Å². The third kappa shape index (κ3) is 9.75. The van der Waals surface area contributed by atoms with E-state index in [0.29, 0.717) is 12.2 Å². The third-order valence-corrected chi connectivity index (χ3v) is 4.49. The Hall–Kier alpha value is -1.31. The van der Waals surface area contributed by atoms with Gasteiger partial charge in [0.25, 0.3) is 0 Å². The Morgan fingerprint density at radius 3 is 1.92 bits per heavy atom. The van der Waals surface area contributed by atoms with Crippen molar-refractivity contribution in [2.75, 3.05) is 6.61 Å². The number of aryl methyl sites for hydroxylation is 1. The molecule has 0 spiro atoms. The molecule has 24 heavy (non-hydrogen) atoms. The molecule has 0 unspecified atom stereocenters. The van der Waals surface area contributed by atoms with Gasteiger partial charge in [0, 0.05) is 0 Å². The lowest BCUT2D eigenvalue weighted by molar-refractivity contribution is 0.0497. The largest absolute Gasteiger partial charge is 0.462 e. The predicted molar refractivity (Wildman–Crippen MR) is 103 cm³/mol. The Bertz CT molecular complexity index is 422. The molecule has 0 N–H and O–H groups in total. The number of hydrogen-bond acceptors (Lipinski definition) is 2. The molecule has 1 aromatic carbocycles. The lowest BCUT2D eigenvalue weighted by Crippen LogP contribution is -2.06. The maximum Gasteiger partial charge on any atom is 0.338 e. The standard InChI is InChI=1S/C22H36O2/c1-3-5-7-9-10-11-13-19-24-22(23)21-17-15-20(16-18-21)14-12-8-6-4-2/h15-18H,3-14,19H2,1-2H3. The molecular formula is C22H36O2. The molecule has 0 amide bonds. The van der Waals surface area contributed by atoms with Crippen LogP contribution in [0.25, 0.3) is 0 Å². The first-order chi connectivity index (χ1) is 11.8. The zero-order valence-electron chi connectivity index (χ0n) is 15.8. The van der Waals surface area contributed by atoms with Crippen molar-refractivity contribution in [2.45, 2.75) is 90.9 Å². The molecule has 2 heteroatoms. The van der Waals surface area contributed by atoms with E-state index in [4.69, 9.17) is 4.74 Å². The van der Waals surface area contributed by atoms with Gasteiger partial charge >= 0.3 is 5.97 Å². The normalized spacial score (nSPS) is 10.8. The van der Waals surface area contributed by atoms with Crippen LogP contribution in [0.3, 0.4) is 0 Å². The molecule has 136 valence electrons. The highest BCUT2D eigenvalue weighted by Gasteiger charge is 2.06. The molecule has 0 aliphatic heterocycles. The van der Waals surface area contributed by atoms with Crippen molar-refractivity contribution in [1.82, 2.24) is 0 Å². The van der Waals surface area contributed by atoms with E-state index in [1.54, 1.807) is 0 Å². The summed E-state index contributed by atoms with van der Waals surface area (Å²) >= 11 is 0. The van der Waals surface area contributed by atoms with Crippen LogP contribution in [-0.2, 0) is 11.2 Å². The van der Waals surface area contributed by atoms with Crippen LogP contribution < -0.4 is 0 Å². The summed E-state index contributed by atoms with van der Waals surface area (Å²) in [5, 5.41) is 0. The molecule has 0 radical (unpaired) electrons. The van der Waals surface area contributed by atoms with Crippen LogP contribution in [0.1, 0.15) is 100 Å². The smallest absolute Gasteiger partial charge is 0.338 e. The lowest BCUT2D eigenvalue weighted by atomic mass is 10.0. The first-order valence-electron chi connectivity index (χ1n) is 10.0. The number of rotatable bonds is 14. The molecular weight excluding hydrogens is 296 g/mol. The Morgan fingerprint density at radius 1 is 0.750 bits per heavy atom. The molecule has 0 saturated heterocycles. The Balaban J connectivity index is 2.14. The van der Waals surface area contributed by atoms with Crippen molar-refractivity contribution >= 4 is 5.97 Å². The number of hydrogen-bond donors (Lipinski definition) is 0. The summed E-state index contributed by atoms with van der Waals surface area (Å²) in [7, 11) is 0. The minimum atomic E-state index is -0.182. The van der Waals surface area contributed by atoms with E-state index in [2.05, 4.69) is 26.0 Å². The fourth-order valence-corrected chi connectivity index (χ4v) is 2.87. The summed E-state index contributed by atoms with van der Waals surface area (Å²) in [6.45, 7) is 5.01. The van der Waals surface area contributed by atoms with Gasteiger partial charge in [0.05, 0.1) is 12.2 Å². The second-order valence-corrected chi connectivity index (χ2v) is 6.76. The fraction of sp³-hybridized carbons (Fsp3) is 0.682. The van der Waals surface area contributed by atoms with Gasteiger partial charge in [-0.3, -0.25) is 0 Å². The second kappa shape index (κ2) is 14.1. The maximum absolute atomic E-state index is 12.0.